The summed E-state index contributed by atoms with van der Waals surface area (Å²) < 4.78 is 44.5. The summed E-state index contributed by atoms with van der Waals surface area (Å²) in [5, 5.41) is 7.92. The second kappa shape index (κ2) is 10.8. The molecule has 2 amide bonds. The standard InChI is InChI=1S/C25H21F3N4O4/c26-19-12-17(32-14-18(36-25(32)35)13-29-24(34)23(27)28)8-10-20(19)30-16-6-9-21(22(33)11-7-16)31-15-4-2-1-3-5-15/h1-12,18,23,30H,13-14H2,(H,29,34)(H,31,33)/t18-/m0/s1. The molecule has 0 spiro atoms. The van der Waals surface area contributed by atoms with E-state index >= 15 is 0 Å². The zero-order chi connectivity index (χ0) is 25.7. The fourth-order valence-electron chi connectivity index (χ4n) is 3.49. The first kappa shape index (κ1) is 24.6. The minimum atomic E-state index is -3.17. The third-order valence-electron chi connectivity index (χ3n) is 5.28. The van der Waals surface area contributed by atoms with Gasteiger partial charge in [-0.15, -0.1) is 0 Å². The van der Waals surface area contributed by atoms with Gasteiger partial charge in [0, 0.05) is 11.4 Å². The second-order valence-electron chi connectivity index (χ2n) is 7.84. The Morgan fingerprint density at radius 3 is 2.33 bits per heavy atom. The van der Waals surface area contributed by atoms with Crippen molar-refractivity contribution in [3.8, 4) is 0 Å². The number of anilines is 5. The highest BCUT2D eigenvalue weighted by Gasteiger charge is 2.33. The van der Waals surface area contributed by atoms with Crippen LogP contribution in [-0.4, -0.2) is 37.6 Å². The summed E-state index contributed by atoms with van der Waals surface area (Å²) in [4.78, 5) is 36.7. The highest BCUT2D eigenvalue weighted by atomic mass is 19.3. The minimum absolute atomic E-state index is 0.0491. The van der Waals surface area contributed by atoms with E-state index in [9.17, 15) is 27.6 Å². The zero-order valence-electron chi connectivity index (χ0n) is 18.7. The van der Waals surface area contributed by atoms with Gasteiger partial charge in [0.15, 0.2) is 0 Å². The average Bonchev–Trinajstić information content (AvgIpc) is 3.15. The molecule has 0 unspecified atom stereocenters. The Kier molecular flexibility index (Phi) is 7.38. The van der Waals surface area contributed by atoms with Crippen LogP contribution in [0.5, 0.6) is 0 Å². The van der Waals surface area contributed by atoms with Crippen molar-refractivity contribution in [3.63, 3.8) is 0 Å². The number of nitrogens with zero attached hydrogens (tertiary/aromatic N) is 1. The summed E-state index contributed by atoms with van der Waals surface area (Å²) in [5.74, 6) is -2.14. The third kappa shape index (κ3) is 5.93. The highest BCUT2D eigenvalue weighted by molar-refractivity contribution is 5.90. The van der Waals surface area contributed by atoms with E-state index in [-0.39, 0.29) is 29.9 Å². The molecule has 1 aliphatic heterocycles. The van der Waals surface area contributed by atoms with Gasteiger partial charge in [0.2, 0.25) is 5.43 Å². The van der Waals surface area contributed by atoms with Gasteiger partial charge >= 0.3 is 12.5 Å². The first-order chi connectivity index (χ1) is 17.3. The van der Waals surface area contributed by atoms with Crippen LogP contribution in [-0.2, 0) is 9.53 Å². The number of hydrogen-bond acceptors (Lipinski definition) is 6. The normalized spacial score (nSPS) is 14.9. The third-order valence-corrected chi connectivity index (χ3v) is 5.28. The van der Waals surface area contributed by atoms with Crippen molar-refractivity contribution >= 4 is 40.4 Å². The van der Waals surface area contributed by atoms with Gasteiger partial charge in [-0.3, -0.25) is 14.5 Å². The molecular weight excluding hydrogens is 477 g/mol. The monoisotopic (exact) mass is 498 g/mol. The molecule has 0 aromatic heterocycles. The number of benzene rings is 2. The van der Waals surface area contributed by atoms with Gasteiger partial charge in [0.25, 0.3) is 5.91 Å². The molecule has 1 aliphatic rings. The van der Waals surface area contributed by atoms with Crippen LogP contribution in [0.15, 0.2) is 77.6 Å². The van der Waals surface area contributed by atoms with E-state index in [1.807, 2.05) is 35.6 Å². The van der Waals surface area contributed by atoms with Crippen molar-refractivity contribution < 1.29 is 27.5 Å². The lowest BCUT2D eigenvalue weighted by Crippen LogP contribution is -2.37. The van der Waals surface area contributed by atoms with Crippen LogP contribution in [0.4, 0.5) is 46.4 Å². The van der Waals surface area contributed by atoms with Gasteiger partial charge in [-0.05, 0) is 54.6 Å². The molecular formula is C25H21F3N4O4. The molecule has 1 atom stereocenters. The van der Waals surface area contributed by atoms with E-state index < -0.39 is 30.3 Å². The molecule has 0 bridgehead atoms. The van der Waals surface area contributed by atoms with Crippen LogP contribution in [0.25, 0.3) is 0 Å². The zero-order valence-corrected chi connectivity index (χ0v) is 18.7. The molecule has 3 aromatic carbocycles. The Morgan fingerprint density at radius 1 is 0.944 bits per heavy atom. The predicted molar refractivity (Wildman–Crippen MR) is 129 cm³/mol. The van der Waals surface area contributed by atoms with Gasteiger partial charge < -0.3 is 20.7 Å². The maximum absolute atomic E-state index is 14.8. The van der Waals surface area contributed by atoms with E-state index in [1.54, 1.807) is 12.1 Å². The number of alkyl halides is 2. The number of ether oxygens (including phenoxy) is 1. The summed E-state index contributed by atoms with van der Waals surface area (Å²) in [7, 11) is 0. The van der Waals surface area contributed by atoms with Crippen molar-refractivity contribution in [1.29, 1.82) is 0 Å². The number of amides is 2. The molecule has 0 saturated carbocycles. The van der Waals surface area contributed by atoms with Crippen molar-refractivity contribution in [2.24, 2.45) is 0 Å². The van der Waals surface area contributed by atoms with Crippen LogP contribution in [0.2, 0.25) is 0 Å². The number of rotatable bonds is 8. The fourth-order valence-corrected chi connectivity index (χ4v) is 3.49. The maximum atomic E-state index is 14.8. The molecule has 1 fully saturated rings. The molecule has 36 heavy (non-hydrogen) atoms. The molecule has 3 N–H and O–H groups in total. The van der Waals surface area contributed by atoms with Crippen LogP contribution in [0, 0.1) is 5.82 Å². The summed E-state index contributed by atoms with van der Waals surface area (Å²) in [6.07, 6.45) is -4.82. The molecule has 0 radical (unpaired) electrons. The van der Waals surface area contributed by atoms with Crippen LogP contribution < -0.4 is 26.3 Å². The molecule has 1 heterocycles. The molecule has 8 nitrogen and oxygen atoms in total. The van der Waals surface area contributed by atoms with E-state index in [2.05, 4.69) is 10.6 Å². The number of carbonyl (C=O) groups is 2. The Hall–Kier alpha value is -4.54. The van der Waals surface area contributed by atoms with Gasteiger partial charge in [-0.2, -0.15) is 8.78 Å². The summed E-state index contributed by atoms with van der Waals surface area (Å²) in [6, 6.07) is 19.3. The molecule has 186 valence electrons. The smallest absolute Gasteiger partial charge is 0.414 e. The number of cyclic esters (lactones) is 1. The molecule has 0 aliphatic carbocycles. The Morgan fingerprint density at radius 2 is 1.61 bits per heavy atom. The predicted octanol–water partition coefficient (Wildman–Crippen LogP) is 4.38. The number of hydrogen-bond donors (Lipinski definition) is 3. The van der Waals surface area contributed by atoms with Crippen molar-refractivity contribution in [1.82, 2.24) is 5.32 Å². The second-order valence-corrected chi connectivity index (χ2v) is 7.84. The summed E-state index contributed by atoms with van der Waals surface area (Å²) >= 11 is 0. The lowest BCUT2D eigenvalue weighted by Gasteiger charge is -2.15. The summed E-state index contributed by atoms with van der Waals surface area (Å²) in [5.41, 5.74) is 1.58. The highest BCUT2D eigenvalue weighted by Crippen LogP contribution is 2.28. The Bertz CT molecular complexity index is 1320. The van der Waals surface area contributed by atoms with Crippen LogP contribution >= 0.6 is 0 Å². The topological polar surface area (TPSA) is 99.8 Å². The average molecular weight is 498 g/mol. The van der Waals surface area contributed by atoms with Gasteiger partial charge in [-0.25, -0.2) is 9.18 Å². The lowest BCUT2D eigenvalue weighted by molar-refractivity contribution is -0.132. The van der Waals surface area contributed by atoms with Gasteiger partial charge in [0.1, 0.15) is 11.9 Å². The molecule has 4 rings (SSSR count). The van der Waals surface area contributed by atoms with Gasteiger partial charge in [0.05, 0.1) is 30.2 Å². The fraction of sp³-hybridized carbons (Fsp3) is 0.160. The number of nitrogens with one attached hydrogen (secondary N) is 3. The van der Waals surface area contributed by atoms with E-state index in [0.29, 0.717) is 11.4 Å². The summed E-state index contributed by atoms with van der Waals surface area (Å²) in [6.45, 7) is -0.339. The first-order valence-electron chi connectivity index (χ1n) is 10.9. The maximum Gasteiger partial charge on any atom is 0.414 e. The van der Waals surface area contributed by atoms with Gasteiger partial charge in [-0.1, -0.05) is 18.2 Å². The Labute approximate surface area is 203 Å². The van der Waals surface area contributed by atoms with E-state index in [0.717, 1.165) is 16.7 Å². The van der Waals surface area contributed by atoms with Crippen molar-refractivity contribution in [2.45, 2.75) is 12.5 Å². The lowest BCUT2D eigenvalue weighted by atomic mass is 10.2. The Balaban J connectivity index is 1.43. The van der Waals surface area contributed by atoms with E-state index in [1.165, 1.54) is 24.3 Å². The van der Waals surface area contributed by atoms with Crippen molar-refractivity contribution in [3.05, 3.63) is 88.8 Å². The first-order valence-corrected chi connectivity index (χ1v) is 10.9. The van der Waals surface area contributed by atoms with Crippen LogP contribution in [0.3, 0.4) is 0 Å². The quantitative estimate of drug-likeness (QED) is 0.426. The van der Waals surface area contributed by atoms with Crippen LogP contribution in [0.1, 0.15) is 0 Å². The van der Waals surface area contributed by atoms with E-state index in [4.69, 9.17) is 4.74 Å². The largest absolute Gasteiger partial charge is 0.442 e. The SMILES string of the molecule is O=C(NC[C@H]1CN(c2ccc(Nc3ccc(Nc4ccccc4)c(=O)cc3)c(F)c2)C(=O)O1)C(F)F. The molecule has 3 aromatic rings. The molecule has 11 heteroatoms. The number of halogens is 3. The number of para-hydroxylation sites is 1. The minimum Gasteiger partial charge on any atom is -0.442 e. The molecule has 1 saturated heterocycles. The van der Waals surface area contributed by atoms with Crippen molar-refractivity contribution in [2.75, 3.05) is 28.6 Å². The number of carbonyl (C=O) groups excluding carboxylic acids is 2.